The molecule has 0 aliphatic carbocycles. The molecular weight excluding hydrogens is 331 g/mol. The molecule has 0 aromatic heterocycles. The van der Waals surface area contributed by atoms with Crippen molar-refractivity contribution >= 4 is 23.2 Å². The van der Waals surface area contributed by atoms with Crippen LogP contribution in [-0.2, 0) is 4.79 Å². The second kappa shape index (κ2) is 6.68. The molecule has 8 heteroatoms. The number of carbonyl (C=O) groups is 2. The second-order valence-electron chi connectivity index (χ2n) is 5.16. The number of benzene rings is 2. The number of nitrogens with one attached hydrogen (secondary N) is 2. The molecule has 0 unspecified atom stereocenters. The molecule has 3 rings (SSSR count). The molecule has 25 heavy (non-hydrogen) atoms. The number of amides is 2. The summed E-state index contributed by atoms with van der Waals surface area (Å²) in [5.74, 6) is -0.813. The maximum Gasteiger partial charge on any atom is 0.263 e. The lowest BCUT2D eigenvalue weighted by Crippen LogP contribution is -2.26. The molecule has 1 aliphatic rings. The molecule has 7 nitrogen and oxygen atoms in total. The fourth-order valence-electron chi connectivity index (χ4n) is 2.52. The highest BCUT2D eigenvalue weighted by Gasteiger charge is 2.24. The van der Waals surface area contributed by atoms with E-state index in [-0.39, 0.29) is 29.3 Å². The van der Waals surface area contributed by atoms with Crippen LogP contribution in [0.3, 0.4) is 0 Å². The average molecular weight is 346 g/mol. The van der Waals surface area contributed by atoms with Gasteiger partial charge in [0.1, 0.15) is 22.9 Å². The summed E-state index contributed by atoms with van der Waals surface area (Å²) < 4.78 is 29.5. The zero-order valence-corrected chi connectivity index (χ0v) is 13.5. The van der Waals surface area contributed by atoms with Crippen LogP contribution in [0.4, 0.5) is 15.8 Å². The highest BCUT2D eigenvalue weighted by molar-refractivity contribution is 6.10. The minimum Gasteiger partial charge on any atom is -0.496 e. The lowest BCUT2D eigenvalue weighted by molar-refractivity contribution is -0.118. The summed E-state index contributed by atoms with van der Waals surface area (Å²) in [6.45, 7) is -0.223. The van der Waals surface area contributed by atoms with Gasteiger partial charge >= 0.3 is 0 Å². The molecule has 2 aromatic rings. The third kappa shape index (κ3) is 3.18. The van der Waals surface area contributed by atoms with Crippen LogP contribution in [0.1, 0.15) is 10.4 Å². The topological polar surface area (TPSA) is 85.9 Å². The molecule has 2 N–H and O–H groups in total. The van der Waals surface area contributed by atoms with E-state index in [4.69, 9.17) is 14.2 Å². The molecule has 0 saturated heterocycles. The summed E-state index contributed by atoms with van der Waals surface area (Å²) in [7, 11) is 2.85. The van der Waals surface area contributed by atoms with Crippen LogP contribution in [0.25, 0.3) is 0 Å². The molecule has 0 fully saturated rings. The van der Waals surface area contributed by atoms with Gasteiger partial charge in [0.25, 0.3) is 11.8 Å². The quantitative estimate of drug-likeness (QED) is 0.888. The Kier molecular flexibility index (Phi) is 4.42. The normalized spacial score (nSPS) is 12.5. The van der Waals surface area contributed by atoms with Crippen molar-refractivity contribution in [1.82, 2.24) is 0 Å². The Balaban J connectivity index is 1.99. The Hall–Kier alpha value is -3.29. The van der Waals surface area contributed by atoms with E-state index >= 15 is 0 Å². The number of ether oxygens (including phenoxy) is 3. The van der Waals surface area contributed by atoms with Crippen LogP contribution in [0.15, 0.2) is 30.3 Å². The lowest BCUT2D eigenvalue weighted by Gasteiger charge is -2.21. The largest absolute Gasteiger partial charge is 0.496 e. The third-order valence-corrected chi connectivity index (χ3v) is 3.58. The summed E-state index contributed by atoms with van der Waals surface area (Å²) >= 11 is 0. The Morgan fingerprint density at radius 1 is 1.24 bits per heavy atom. The molecule has 0 radical (unpaired) electrons. The molecular formula is C17H15FN2O5. The minimum absolute atomic E-state index is 0.0907. The van der Waals surface area contributed by atoms with Crippen molar-refractivity contribution in [2.75, 3.05) is 31.5 Å². The first kappa shape index (κ1) is 16.6. The van der Waals surface area contributed by atoms with Crippen molar-refractivity contribution in [1.29, 1.82) is 0 Å². The van der Waals surface area contributed by atoms with E-state index in [1.165, 1.54) is 14.2 Å². The summed E-state index contributed by atoms with van der Waals surface area (Å²) in [5.41, 5.74) is 0.400. The maximum absolute atomic E-state index is 13.8. The van der Waals surface area contributed by atoms with Gasteiger partial charge in [-0.15, -0.1) is 0 Å². The molecule has 0 bridgehead atoms. The number of anilines is 2. The minimum atomic E-state index is -0.633. The maximum atomic E-state index is 13.8. The van der Waals surface area contributed by atoms with Gasteiger partial charge in [-0.25, -0.2) is 4.39 Å². The monoisotopic (exact) mass is 346 g/mol. The van der Waals surface area contributed by atoms with Crippen molar-refractivity contribution in [2.24, 2.45) is 0 Å². The van der Waals surface area contributed by atoms with Crippen LogP contribution < -0.4 is 24.8 Å². The van der Waals surface area contributed by atoms with Crippen LogP contribution in [0.2, 0.25) is 0 Å². The Bertz CT molecular complexity index is 831. The number of carbonyl (C=O) groups excluding carboxylic acids is 2. The van der Waals surface area contributed by atoms with Gasteiger partial charge in [0, 0.05) is 12.1 Å². The van der Waals surface area contributed by atoms with Gasteiger partial charge in [0.05, 0.1) is 25.6 Å². The Morgan fingerprint density at radius 2 is 1.92 bits per heavy atom. The second-order valence-corrected chi connectivity index (χ2v) is 5.16. The SMILES string of the molecule is COc1cccc(OC)c1C(=O)Nc1cc(F)cc2c1OCC(=O)N2. The third-order valence-electron chi connectivity index (χ3n) is 3.58. The van der Waals surface area contributed by atoms with E-state index in [1.54, 1.807) is 18.2 Å². The van der Waals surface area contributed by atoms with E-state index in [1.807, 2.05) is 0 Å². The van der Waals surface area contributed by atoms with E-state index in [2.05, 4.69) is 10.6 Å². The predicted molar refractivity (Wildman–Crippen MR) is 88.0 cm³/mol. The number of hydrogen-bond acceptors (Lipinski definition) is 5. The van der Waals surface area contributed by atoms with Gasteiger partial charge in [-0.05, 0) is 12.1 Å². The van der Waals surface area contributed by atoms with Gasteiger partial charge < -0.3 is 24.8 Å². The molecule has 0 atom stereocenters. The number of fused-ring (bicyclic) bond motifs is 1. The van der Waals surface area contributed by atoms with Crippen molar-refractivity contribution in [2.45, 2.75) is 0 Å². The molecule has 2 amide bonds. The van der Waals surface area contributed by atoms with E-state index in [9.17, 15) is 14.0 Å². The zero-order chi connectivity index (χ0) is 18.0. The highest BCUT2D eigenvalue weighted by atomic mass is 19.1. The van der Waals surface area contributed by atoms with E-state index in [0.29, 0.717) is 11.5 Å². The smallest absolute Gasteiger partial charge is 0.263 e. The first-order valence-corrected chi connectivity index (χ1v) is 7.32. The van der Waals surface area contributed by atoms with E-state index in [0.717, 1.165) is 12.1 Å². The molecule has 1 heterocycles. The van der Waals surface area contributed by atoms with Crippen molar-refractivity contribution in [3.8, 4) is 17.2 Å². The molecule has 2 aromatic carbocycles. The summed E-state index contributed by atoms with van der Waals surface area (Å²) in [5, 5.41) is 5.07. The molecule has 130 valence electrons. The first-order valence-electron chi connectivity index (χ1n) is 7.32. The lowest BCUT2D eigenvalue weighted by atomic mass is 10.1. The van der Waals surface area contributed by atoms with Crippen LogP contribution in [0, 0.1) is 5.82 Å². The highest BCUT2D eigenvalue weighted by Crippen LogP contribution is 2.38. The summed E-state index contributed by atoms with van der Waals surface area (Å²) in [6.07, 6.45) is 0. The molecule has 0 spiro atoms. The van der Waals surface area contributed by atoms with Crippen LogP contribution >= 0.6 is 0 Å². The van der Waals surface area contributed by atoms with Crippen molar-refractivity contribution < 1.29 is 28.2 Å². The van der Waals surface area contributed by atoms with Gasteiger partial charge in [-0.1, -0.05) is 6.07 Å². The number of halogens is 1. The average Bonchev–Trinajstić information content (AvgIpc) is 2.60. The fourth-order valence-corrected chi connectivity index (χ4v) is 2.52. The fraction of sp³-hybridized carbons (Fsp3) is 0.176. The summed E-state index contributed by atoms with van der Waals surface area (Å²) in [4.78, 5) is 24.1. The number of rotatable bonds is 4. The Morgan fingerprint density at radius 3 is 2.56 bits per heavy atom. The van der Waals surface area contributed by atoms with Gasteiger partial charge in [-0.3, -0.25) is 9.59 Å². The zero-order valence-electron chi connectivity index (χ0n) is 13.5. The van der Waals surface area contributed by atoms with Gasteiger partial charge in [0.2, 0.25) is 0 Å². The number of hydrogen-bond donors (Lipinski definition) is 2. The number of methoxy groups -OCH3 is 2. The Labute approximate surface area is 142 Å². The van der Waals surface area contributed by atoms with Gasteiger partial charge in [0.15, 0.2) is 12.4 Å². The van der Waals surface area contributed by atoms with Gasteiger partial charge in [-0.2, -0.15) is 0 Å². The van der Waals surface area contributed by atoms with Crippen molar-refractivity contribution in [3.63, 3.8) is 0 Å². The van der Waals surface area contributed by atoms with Crippen LogP contribution in [-0.4, -0.2) is 32.6 Å². The van der Waals surface area contributed by atoms with Crippen LogP contribution in [0.5, 0.6) is 17.2 Å². The van der Waals surface area contributed by atoms with E-state index < -0.39 is 17.6 Å². The van der Waals surface area contributed by atoms with Crippen molar-refractivity contribution in [3.05, 3.63) is 41.7 Å². The summed E-state index contributed by atoms with van der Waals surface area (Å²) in [6, 6.07) is 7.11. The predicted octanol–water partition coefficient (Wildman–Crippen LogP) is 2.43. The molecule has 1 aliphatic heterocycles. The molecule has 0 saturated carbocycles. The standard InChI is InChI=1S/C17H15FN2O5/c1-23-12-4-3-5-13(24-2)15(12)17(22)20-11-7-9(18)6-10-16(11)25-8-14(21)19-10/h3-7H,8H2,1-2H3,(H,19,21)(H,20,22). The first-order chi connectivity index (χ1) is 12.0.